The first-order valence-electron chi connectivity index (χ1n) is 5.58. The number of aliphatic imine (C=N–C) groups is 1. The maximum Gasteiger partial charge on any atom is 0.224 e. The summed E-state index contributed by atoms with van der Waals surface area (Å²) in [4.78, 5) is 7.98. The summed E-state index contributed by atoms with van der Waals surface area (Å²) in [5.74, 6) is 0.322. The summed E-state index contributed by atoms with van der Waals surface area (Å²) in [6, 6.07) is 9.35. The van der Waals surface area contributed by atoms with Crippen LogP contribution >= 0.6 is 0 Å². The van der Waals surface area contributed by atoms with Crippen molar-refractivity contribution in [1.29, 1.82) is 0 Å². The van der Waals surface area contributed by atoms with Gasteiger partial charge in [-0.3, -0.25) is 0 Å². The molecule has 0 fully saturated rings. The van der Waals surface area contributed by atoms with Gasteiger partial charge in [-0.1, -0.05) is 12.1 Å². The van der Waals surface area contributed by atoms with Crippen LogP contribution in [0.3, 0.4) is 0 Å². The van der Waals surface area contributed by atoms with Crippen LogP contribution in [0.15, 0.2) is 47.6 Å². The largest absolute Gasteiger partial charge is 0.439 e. The molecule has 0 atom stereocenters. The summed E-state index contributed by atoms with van der Waals surface area (Å²) in [6.45, 7) is 0.251. The van der Waals surface area contributed by atoms with Gasteiger partial charge in [0.15, 0.2) is 5.96 Å². The number of nitrogens with two attached hydrogens (primary N) is 2. The molecule has 2 rings (SSSR count). The van der Waals surface area contributed by atoms with E-state index in [0.717, 1.165) is 0 Å². The fraction of sp³-hybridized carbons (Fsp3) is 0.0769. The maximum absolute atomic E-state index is 13.1. The highest BCUT2D eigenvalue weighted by molar-refractivity contribution is 5.75. The summed E-state index contributed by atoms with van der Waals surface area (Å²) in [5.41, 5.74) is 11.3. The Balaban J connectivity index is 2.22. The average Bonchev–Trinajstić information content (AvgIpc) is 2.38. The molecule has 6 heteroatoms. The Morgan fingerprint density at radius 3 is 2.84 bits per heavy atom. The number of hydrogen-bond acceptors (Lipinski definition) is 3. The second kappa shape index (κ2) is 5.81. The zero-order chi connectivity index (χ0) is 13.7. The lowest BCUT2D eigenvalue weighted by molar-refractivity contribution is 0.452. The van der Waals surface area contributed by atoms with E-state index in [1.54, 1.807) is 30.5 Å². The number of halogens is 1. The molecule has 0 aliphatic carbocycles. The van der Waals surface area contributed by atoms with Crippen molar-refractivity contribution in [3.63, 3.8) is 0 Å². The molecule has 0 unspecified atom stereocenters. The number of aromatic nitrogens is 1. The monoisotopic (exact) mass is 260 g/mol. The molecular weight excluding hydrogens is 247 g/mol. The number of rotatable bonds is 4. The van der Waals surface area contributed by atoms with Gasteiger partial charge in [0.2, 0.25) is 5.88 Å². The van der Waals surface area contributed by atoms with Gasteiger partial charge in [0.05, 0.1) is 6.54 Å². The molecule has 0 aliphatic rings. The number of hydrogen-bond donors (Lipinski definition) is 2. The third-order valence-electron chi connectivity index (χ3n) is 2.29. The molecule has 1 aromatic heterocycles. The summed E-state index contributed by atoms with van der Waals surface area (Å²) >= 11 is 0. The van der Waals surface area contributed by atoms with Crippen LogP contribution in [0.4, 0.5) is 4.39 Å². The molecule has 0 spiro atoms. The van der Waals surface area contributed by atoms with E-state index in [1.165, 1.54) is 12.1 Å². The van der Waals surface area contributed by atoms with Crippen LogP contribution in [-0.4, -0.2) is 10.9 Å². The van der Waals surface area contributed by atoms with E-state index in [9.17, 15) is 4.39 Å². The van der Waals surface area contributed by atoms with Gasteiger partial charge in [-0.25, -0.2) is 14.4 Å². The van der Waals surface area contributed by atoms with Gasteiger partial charge in [0.1, 0.15) is 11.6 Å². The highest BCUT2D eigenvalue weighted by Gasteiger charge is 2.06. The van der Waals surface area contributed by atoms with Crippen molar-refractivity contribution in [2.45, 2.75) is 6.54 Å². The SMILES string of the molecule is NC(N)=NCc1cccnc1Oc1cccc(F)c1. The van der Waals surface area contributed by atoms with Gasteiger partial charge in [-0.2, -0.15) is 0 Å². The summed E-state index contributed by atoms with van der Waals surface area (Å²) < 4.78 is 18.6. The molecule has 1 aromatic carbocycles. The van der Waals surface area contributed by atoms with Crippen LogP contribution in [0.2, 0.25) is 0 Å². The van der Waals surface area contributed by atoms with E-state index < -0.39 is 0 Å². The van der Waals surface area contributed by atoms with Gasteiger partial charge in [-0.15, -0.1) is 0 Å². The maximum atomic E-state index is 13.1. The predicted octanol–water partition coefficient (Wildman–Crippen LogP) is 1.79. The lowest BCUT2D eigenvalue weighted by atomic mass is 10.2. The topological polar surface area (TPSA) is 86.5 Å². The van der Waals surface area contributed by atoms with Gasteiger partial charge >= 0.3 is 0 Å². The number of guanidine groups is 1. The Hall–Kier alpha value is -2.63. The highest BCUT2D eigenvalue weighted by atomic mass is 19.1. The number of pyridine rings is 1. The second-order valence-corrected chi connectivity index (χ2v) is 3.77. The van der Waals surface area contributed by atoms with E-state index in [4.69, 9.17) is 16.2 Å². The van der Waals surface area contributed by atoms with Gasteiger partial charge in [0.25, 0.3) is 0 Å². The van der Waals surface area contributed by atoms with Crippen LogP contribution < -0.4 is 16.2 Å². The van der Waals surface area contributed by atoms with Crippen molar-refractivity contribution in [1.82, 2.24) is 4.98 Å². The van der Waals surface area contributed by atoms with Crippen LogP contribution in [0.5, 0.6) is 11.6 Å². The first-order valence-corrected chi connectivity index (χ1v) is 5.58. The zero-order valence-electron chi connectivity index (χ0n) is 10.1. The molecule has 4 N–H and O–H groups in total. The number of ether oxygens (including phenoxy) is 1. The van der Waals surface area contributed by atoms with Crippen molar-refractivity contribution in [2.24, 2.45) is 16.5 Å². The molecule has 0 aliphatic heterocycles. The van der Waals surface area contributed by atoms with E-state index >= 15 is 0 Å². The fourth-order valence-electron chi connectivity index (χ4n) is 1.45. The fourth-order valence-corrected chi connectivity index (χ4v) is 1.45. The first kappa shape index (κ1) is 12.8. The Kier molecular flexibility index (Phi) is 3.92. The Morgan fingerprint density at radius 2 is 2.11 bits per heavy atom. The Labute approximate surface area is 109 Å². The lowest BCUT2D eigenvalue weighted by Crippen LogP contribution is -2.22. The molecule has 19 heavy (non-hydrogen) atoms. The first-order chi connectivity index (χ1) is 9.15. The minimum absolute atomic E-state index is 0.0134. The van der Waals surface area contributed by atoms with Crippen molar-refractivity contribution in [3.8, 4) is 11.6 Å². The molecular formula is C13H13FN4O. The minimum Gasteiger partial charge on any atom is -0.439 e. The lowest BCUT2D eigenvalue weighted by Gasteiger charge is -2.08. The van der Waals surface area contributed by atoms with Crippen molar-refractivity contribution >= 4 is 5.96 Å². The van der Waals surface area contributed by atoms with E-state index in [2.05, 4.69) is 9.98 Å². The Bertz CT molecular complexity index is 597. The number of benzene rings is 1. The molecule has 0 amide bonds. The van der Waals surface area contributed by atoms with Crippen LogP contribution in [0, 0.1) is 5.82 Å². The molecule has 0 bridgehead atoms. The summed E-state index contributed by atoms with van der Waals surface area (Å²) in [5, 5.41) is 0. The van der Waals surface area contributed by atoms with E-state index in [0.29, 0.717) is 17.2 Å². The molecule has 2 aromatic rings. The predicted molar refractivity (Wildman–Crippen MR) is 70.2 cm³/mol. The molecule has 0 saturated heterocycles. The van der Waals surface area contributed by atoms with Crippen molar-refractivity contribution < 1.29 is 9.13 Å². The zero-order valence-corrected chi connectivity index (χ0v) is 10.1. The van der Waals surface area contributed by atoms with Gasteiger partial charge in [-0.05, 0) is 18.2 Å². The summed E-state index contributed by atoms with van der Waals surface area (Å²) in [6.07, 6.45) is 1.58. The standard InChI is InChI=1S/C13H13FN4O/c14-10-4-1-5-11(7-10)19-12-9(3-2-6-17-12)8-18-13(15)16/h1-7H,8H2,(H4,15,16,18). The quantitative estimate of drug-likeness (QED) is 0.648. The third kappa shape index (κ3) is 3.67. The average molecular weight is 260 g/mol. The molecule has 98 valence electrons. The molecule has 5 nitrogen and oxygen atoms in total. The normalized spacial score (nSPS) is 9.95. The summed E-state index contributed by atoms with van der Waals surface area (Å²) in [7, 11) is 0. The molecule has 0 radical (unpaired) electrons. The molecule has 0 saturated carbocycles. The Morgan fingerprint density at radius 1 is 1.26 bits per heavy atom. The number of nitrogens with zero attached hydrogens (tertiary/aromatic N) is 2. The van der Waals surface area contributed by atoms with Crippen LogP contribution in [0.25, 0.3) is 0 Å². The van der Waals surface area contributed by atoms with E-state index in [-0.39, 0.29) is 18.3 Å². The third-order valence-corrected chi connectivity index (χ3v) is 2.29. The van der Waals surface area contributed by atoms with Crippen molar-refractivity contribution in [2.75, 3.05) is 0 Å². The van der Waals surface area contributed by atoms with E-state index in [1.807, 2.05) is 0 Å². The van der Waals surface area contributed by atoms with Crippen molar-refractivity contribution in [3.05, 3.63) is 54.0 Å². The smallest absolute Gasteiger partial charge is 0.224 e. The second-order valence-electron chi connectivity index (χ2n) is 3.77. The van der Waals surface area contributed by atoms with Gasteiger partial charge < -0.3 is 16.2 Å². The van der Waals surface area contributed by atoms with Gasteiger partial charge in [0, 0.05) is 17.8 Å². The minimum atomic E-state index is -0.376. The highest BCUT2D eigenvalue weighted by Crippen LogP contribution is 2.23. The molecule has 1 heterocycles. The van der Waals surface area contributed by atoms with Crippen LogP contribution in [0.1, 0.15) is 5.56 Å². The van der Waals surface area contributed by atoms with Crippen LogP contribution in [-0.2, 0) is 6.54 Å².